The number of anilines is 3. The average Bonchev–Trinajstić information content (AvgIpc) is 3.76. The van der Waals surface area contributed by atoms with Crippen LogP contribution in [0.4, 0.5) is 17.1 Å². The number of ether oxygens (including phenoxy) is 1. The van der Waals surface area contributed by atoms with Gasteiger partial charge in [-0.25, -0.2) is 0 Å². The molecule has 1 aliphatic rings. The summed E-state index contributed by atoms with van der Waals surface area (Å²) in [7, 11) is 0. The van der Waals surface area contributed by atoms with Crippen molar-refractivity contribution in [1.29, 1.82) is 0 Å². The Labute approximate surface area is 387 Å². The number of pyridine rings is 1. The van der Waals surface area contributed by atoms with Crippen LogP contribution in [0.5, 0.6) is 11.5 Å². The quantitative estimate of drug-likeness (QED) is 0.149. The van der Waals surface area contributed by atoms with Crippen molar-refractivity contribution in [3.63, 3.8) is 0 Å². The van der Waals surface area contributed by atoms with E-state index in [4.69, 9.17) is 14.8 Å². The standard InChI is InChI=1S/C56H53N5O.Pt/c1-53(2,3)39-24-28-43(29-25-39)60-50-30-26-40(54(4,5)6)34-47(50)56(52-23-13-14-32-57-52,48-35-41(55(7,8)9)27-31-51(48)60)42-19-15-21-45(33-42)62-46-22-16-20-44(36-46)61-58-37-49(59-61)38-17-11-10-12-18-38;/h10-32,34-35,37H,1-9H3;/q-2;+2. The van der Waals surface area contributed by atoms with Crippen LogP contribution in [0.3, 0.4) is 0 Å². The molecule has 0 saturated heterocycles. The maximum Gasteiger partial charge on any atom is 2.00 e. The van der Waals surface area contributed by atoms with E-state index in [1.807, 2.05) is 66.9 Å². The fourth-order valence-electron chi connectivity index (χ4n) is 8.53. The smallest absolute Gasteiger partial charge is 0.509 e. The average molecular weight is 1010 g/mol. The van der Waals surface area contributed by atoms with E-state index in [1.165, 1.54) is 16.7 Å². The molecule has 0 spiro atoms. The van der Waals surface area contributed by atoms with Crippen molar-refractivity contribution in [3.8, 4) is 28.4 Å². The summed E-state index contributed by atoms with van der Waals surface area (Å²) in [5.74, 6) is 1.09. The van der Waals surface area contributed by atoms with Crippen molar-refractivity contribution < 1.29 is 25.8 Å². The van der Waals surface area contributed by atoms with Crippen molar-refractivity contribution in [1.82, 2.24) is 20.0 Å². The molecular weight excluding hydrogens is 954 g/mol. The predicted octanol–water partition coefficient (Wildman–Crippen LogP) is 13.8. The fourth-order valence-corrected chi connectivity index (χ4v) is 8.53. The Bertz CT molecular complexity index is 2820. The zero-order valence-electron chi connectivity index (χ0n) is 37.5. The van der Waals surface area contributed by atoms with Gasteiger partial charge in [0.25, 0.3) is 0 Å². The van der Waals surface area contributed by atoms with Crippen LogP contribution in [-0.4, -0.2) is 20.0 Å². The van der Waals surface area contributed by atoms with Gasteiger partial charge >= 0.3 is 21.1 Å². The Morgan fingerprint density at radius 1 is 0.556 bits per heavy atom. The molecule has 9 rings (SSSR count). The van der Waals surface area contributed by atoms with Gasteiger partial charge in [-0.05, 0) is 86.1 Å². The van der Waals surface area contributed by atoms with E-state index in [1.54, 1.807) is 11.0 Å². The van der Waals surface area contributed by atoms with Gasteiger partial charge in [-0.15, -0.1) is 35.9 Å². The van der Waals surface area contributed by atoms with Gasteiger partial charge < -0.3 is 9.64 Å². The first-order chi connectivity index (χ1) is 29.6. The summed E-state index contributed by atoms with van der Waals surface area (Å²) in [6, 6.07) is 58.6. The van der Waals surface area contributed by atoms with Gasteiger partial charge in [0.05, 0.1) is 28.7 Å². The van der Waals surface area contributed by atoms with Gasteiger partial charge in [0.2, 0.25) is 0 Å². The number of hydrogen-bond acceptors (Lipinski definition) is 5. The SMILES string of the molecule is CC(C)(C)c1ccc(N2c3ccc(C(C)(C)C)cc3C(c3[c-]c(Oc4[c-]c(-n5ncc(-c6ccccc6)n5)ccc4)ccc3)(c3ccccn3)c3cc(C(C)(C)C)ccc32)cc1.[Pt+2]. The molecule has 0 atom stereocenters. The Morgan fingerprint density at radius 3 is 1.71 bits per heavy atom. The first-order valence-electron chi connectivity index (χ1n) is 21.4. The van der Waals surface area contributed by atoms with Crippen LogP contribution in [0.1, 0.15) is 101 Å². The van der Waals surface area contributed by atoms with E-state index in [0.717, 1.165) is 50.7 Å². The molecule has 0 bridgehead atoms. The van der Waals surface area contributed by atoms with E-state index in [9.17, 15) is 0 Å². The van der Waals surface area contributed by atoms with Gasteiger partial charge in [-0.3, -0.25) is 4.98 Å². The van der Waals surface area contributed by atoms with Crippen molar-refractivity contribution in [2.45, 2.75) is 84.0 Å². The van der Waals surface area contributed by atoms with Crippen LogP contribution in [-0.2, 0) is 42.7 Å². The summed E-state index contributed by atoms with van der Waals surface area (Å²) in [6.45, 7) is 20.5. The Kier molecular flexibility index (Phi) is 11.4. The van der Waals surface area contributed by atoms with E-state index in [2.05, 4.69) is 169 Å². The second-order valence-electron chi connectivity index (χ2n) is 19.4. The third-order valence-electron chi connectivity index (χ3n) is 12.0. The first kappa shape index (κ1) is 43.5. The number of hydrogen-bond donors (Lipinski definition) is 0. The number of benzene rings is 6. The van der Waals surface area contributed by atoms with Gasteiger partial charge in [-0.2, -0.15) is 33.2 Å². The number of nitrogens with zero attached hydrogens (tertiary/aromatic N) is 5. The van der Waals surface area contributed by atoms with Gasteiger partial charge in [0.1, 0.15) is 5.69 Å². The minimum absolute atomic E-state index is 0. The van der Waals surface area contributed by atoms with Crippen molar-refractivity contribution >= 4 is 17.1 Å². The third-order valence-corrected chi connectivity index (χ3v) is 12.0. The molecule has 2 aromatic heterocycles. The van der Waals surface area contributed by atoms with Gasteiger partial charge in [0.15, 0.2) is 0 Å². The van der Waals surface area contributed by atoms with Crippen molar-refractivity contribution in [2.75, 3.05) is 4.90 Å². The van der Waals surface area contributed by atoms with Crippen molar-refractivity contribution in [3.05, 3.63) is 209 Å². The largest absolute Gasteiger partial charge is 2.00 e. The monoisotopic (exact) mass is 1010 g/mol. The van der Waals surface area contributed by atoms with Gasteiger partial charge in [-0.1, -0.05) is 135 Å². The molecule has 6 aromatic carbocycles. The topological polar surface area (TPSA) is 56.1 Å². The summed E-state index contributed by atoms with van der Waals surface area (Å²) in [4.78, 5) is 9.27. The maximum absolute atomic E-state index is 6.69. The molecule has 318 valence electrons. The Hall–Kier alpha value is -6.10. The van der Waals surface area contributed by atoms with Crippen LogP contribution in [0.2, 0.25) is 0 Å². The van der Waals surface area contributed by atoms with E-state index in [-0.39, 0.29) is 37.3 Å². The molecule has 8 aromatic rings. The molecule has 0 fully saturated rings. The maximum atomic E-state index is 6.69. The zero-order chi connectivity index (χ0) is 43.4. The normalized spacial score (nSPS) is 13.4. The molecule has 0 amide bonds. The van der Waals surface area contributed by atoms with Crippen LogP contribution < -0.4 is 9.64 Å². The minimum atomic E-state index is -0.895. The molecule has 0 unspecified atom stereocenters. The number of fused-ring (bicyclic) bond motifs is 2. The molecule has 6 nitrogen and oxygen atoms in total. The Morgan fingerprint density at radius 2 is 1.13 bits per heavy atom. The van der Waals surface area contributed by atoms with Gasteiger partial charge in [0, 0.05) is 28.9 Å². The molecular formula is C56H53N5OPt. The second kappa shape index (κ2) is 16.5. The second-order valence-corrected chi connectivity index (χ2v) is 19.4. The fraction of sp³-hybridized carbons (Fsp3) is 0.232. The van der Waals surface area contributed by atoms with E-state index in [0.29, 0.717) is 17.2 Å². The summed E-state index contributed by atoms with van der Waals surface area (Å²) < 4.78 is 6.69. The third kappa shape index (κ3) is 8.18. The van der Waals surface area contributed by atoms with Crippen LogP contribution in [0, 0.1) is 12.1 Å². The molecule has 0 radical (unpaired) electrons. The number of aromatic nitrogens is 4. The molecule has 0 aliphatic carbocycles. The first-order valence-corrected chi connectivity index (χ1v) is 21.4. The predicted molar refractivity (Wildman–Crippen MR) is 251 cm³/mol. The Balaban J connectivity index is 0.00000544. The van der Waals surface area contributed by atoms with Crippen LogP contribution in [0.25, 0.3) is 16.9 Å². The van der Waals surface area contributed by atoms with Crippen LogP contribution >= 0.6 is 0 Å². The molecule has 63 heavy (non-hydrogen) atoms. The summed E-state index contributed by atoms with van der Waals surface area (Å²) in [6.07, 6.45) is 3.67. The summed E-state index contributed by atoms with van der Waals surface area (Å²) in [5, 5.41) is 9.31. The molecule has 1 aliphatic heterocycles. The molecule has 0 saturated carbocycles. The summed E-state index contributed by atoms with van der Waals surface area (Å²) >= 11 is 0. The number of rotatable bonds is 7. The minimum Gasteiger partial charge on any atom is -0.509 e. The van der Waals surface area contributed by atoms with E-state index >= 15 is 0 Å². The zero-order valence-corrected chi connectivity index (χ0v) is 39.7. The summed E-state index contributed by atoms with van der Waals surface area (Å²) in [5.41, 5.74) is 12.4. The van der Waals surface area contributed by atoms with Crippen molar-refractivity contribution in [2.24, 2.45) is 0 Å². The molecule has 3 heterocycles. The van der Waals surface area contributed by atoms with E-state index < -0.39 is 5.41 Å². The van der Waals surface area contributed by atoms with Crippen LogP contribution in [0.15, 0.2) is 158 Å². The molecule has 0 N–H and O–H groups in total. The molecule has 7 heteroatoms.